The number of rotatable bonds is 5. The number of nitrogens with zero attached hydrogens (tertiary/aromatic N) is 1. The number of hydrogen-bond donors (Lipinski definition) is 2. The standard InChI is InChI=1S/C15H28N2O/c18-11-13-4-2-1-3-12(13)9-16-14-7-8-17(10-14)15-5-6-15/h12-16,18H,1-11H2. The molecule has 0 aromatic carbocycles. The van der Waals surface area contributed by atoms with E-state index in [1.807, 2.05) is 0 Å². The van der Waals surface area contributed by atoms with Gasteiger partial charge in [-0.2, -0.15) is 0 Å². The van der Waals surface area contributed by atoms with E-state index in [2.05, 4.69) is 10.2 Å². The minimum atomic E-state index is 0.394. The molecule has 2 aliphatic carbocycles. The van der Waals surface area contributed by atoms with Crippen LogP contribution in [0.1, 0.15) is 44.9 Å². The average Bonchev–Trinajstić information content (AvgIpc) is 3.16. The molecule has 0 bridgehead atoms. The lowest BCUT2D eigenvalue weighted by molar-refractivity contribution is 0.131. The molecular formula is C15H28N2O. The molecule has 3 rings (SSSR count). The van der Waals surface area contributed by atoms with Crippen LogP contribution < -0.4 is 5.32 Å². The monoisotopic (exact) mass is 252 g/mol. The van der Waals surface area contributed by atoms with Crippen molar-refractivity contribution in [2.45, 2.75) is 57.0 Å². The summed E-state index contributed by atoms with van der Waals surface area (Å²) in [6, 6.07) is 1.64. The van der Waals surface area contributed by atoms with Crippen LogP contribution in [0.15, 0.2) is 0 Å². The summed E-state index contributed by atoms with van der Waals surface area (Å²) in [5.74, 6) is 1.28. The second-order valence-electron chi connectivity index (χ2n) is 6.61. The largest absolute Gasteiger partial charge is 0.396 e. The van der Waals surface area contributed by atoms with Crippen LogP contribution in [0.5, 0.6) is 0 Å². The summed E-state index contributed by atoms with van der Waals surface area (Å²) >= 11 is 0. The zero-order valence-corrected chi connectivity index (χ0v) is 11.5. The molecular weight excluding hydrogens is 224 g/mol. The Bertz CT molecular complexity index is 267. The van der Waals surface area contributed by atoms with E-state index < -0.39 is 0 Å². The maximum atomic E-state index is 9.44. The van der Waals surface area contributed by atoms with E-state index in [1.165, 1.54) is 58.0 Å². The van der Waals surface area contributed by atoms with Crippen molar-refractivity contribution in [3.63, 3.8) is 0 Å². The van der Waals surface area contributed by atoms with Gasteiger partial charge in [0.1, 0.15) is 0 Å². The molecule has 0 spiro atoms. The third-order valence-electron chi connectivity index (χ3n) is 5.25. The molecule has 3 aliphatic rings. The smallest absolute Gasteiger partial charge is 0.0462 e. The summed E-state index contributed by atoms with van der Waals surface area (Å²) in [5, 5.41) is 13.2. The van der Waals surface area contributed by atoms with Crippen LogP contribution in [0.4, 0.5) is 0 Å². The molecule has 3 nitrogen and oxygen atoms in total. The Morgan fingerprint density at radius 2 is 1.78 bits per heavy atom. The Morgan fingerprint density at radius 1 is 1.00 bits per heavy atom. The Hall–Kier alpha value is -0.120. The first-order chi connectivity index (χ1) is 8.86. The molecule has 2 N–H and O–H groups in total. The van der Waals surface area contributed by atoms with E-state index in [0.29, 0.717) is 18.6 Å². The van der Waals surface area contributed by atoms with Gasteiger partial charge in [0.2, 0.25) is 0 Å². The molecule has 104 valence electrons. The van der Waals surface area contributed by atoms with Crippen LogP contribution in [0.3, 0.4) is 0 Å². The van der Waals surface area contributed by atoms with Gasteiger partial charge in [-0.3, -0.25) is 4.90 Å². The Kier molecular flexibility index (Phi) is 4.22. The minimum absolute atomic E-state index is 0.394. The SMILES string of the molecule is OCC1CCCCC1CNC1CCN(C2CC2)C1. The van der Waals surface area contributed by atoms with Gasteiger partial charge >= 0.3 is 0 Å². The first-order valence-electron chi connectivity index (χ1n) is 7.95. The highest BCUT2D eigenvalue weighted by molar-refractivity contribution is 4.92. The van der Waals surface area contributed by atoms with Crippen LogP contribution >= 0.6 is 0 Å². The topological polar surface area (TPSA) is 35.5 Å². The van der Waals surface area contributed by atoms with Crippen molar-refractivity contribution in [2.24, 2.45) is 11.8 Å². The molecule has 18 heavy (non-hydrogen) atoms. The van der Waals surface area contributed by atoms with Crippen molar-refractivity contribution < 1.29 is 5.11 Å². The lowest BCUT2D eigenvalue weighted by Gasteiger charge is -2.31. The van der Waals surface area contributed by atoms with Gasteiger partial charge in [0.05, 0.1) is 0 Å². The highest BCUT2D eigenvalue weighted by Gasteiger charge is 2.34. The lowest BCUT2D eigenvalue weighted by atomic mass is 9.79. The third kappa shape index (κ3) is 3.06. The summed E-state index contributed by atoms with van der Waals surface area (Å²) in [7, 11) is 0. The molecule has 3 fully saturated rings. The van der Waals surface area contributed by atoms with E-state index in [4.69, 9.17) is 0 Å². The Labute approximate surface area is 111 Å². The number of aliphatic hydroxyl groups is 1. The first-order valence-corrected chi connectivity index (χ1v) is 7.95. The van der Waals surface area contributed by atoms with Crippen molar-refractivity contribution in [3.05, 3.63) is 0 Å². The molecule has 0 radical (unpaired) electrons. The molecule has 1 aliphatic heterocycles. The van der Waals surface area contributed by atoms with Gasteiger partial charge < -0.3 is 10.4 Å². The van der Waals surface area contributed by atoms with Crippen LogP contribution in [-0.2, 0) is 0 Å². The Balaban J connectivity index is 1.40. The van der Waals surface area contributed by atoms with E-state index in [-0.39, 0.29) is 0 Å². The van der Waals surface area contributed by atoms with Crippen LogP contribution in [-0.4, -0.2) is 48.3 Å². The van der Waals surface area contributed by atoms with Gasteiger partial charge in [-0.05, 0) is 50.5 Å². The molecule has 2 saturated carbocycles. The van der Waals surface area contributed by atoms with Crippen molar-refractivity contribution in [1.29, 1.82) is 0 Å². The van der Waals surface area contributed by atoms with Crippen LogP contribution in [0.25, 0.3) is 0 Å². The van der Waals surface area contributed by atoms with Crippen LogP contribution in [0.2, 0.25) is 0 Å². The minimum Gasteiger partial charge on any atom is -0.396 e. The number of aliphatic hydroxyl groups excluding tert-OH is 1. The summed E-state index contributed by atoms with van der Waals surface area (Å²) in [5.41, 5.74) is 0. The highest BCUT2D eigenvalue weighted by Crippen LogP contribution is 2.31. The summed E-state index contributed by atoms with van der Waals surface area (Å²) in [6.07, 6.45) is 9.43. The normalized spacial score (nSPS) is 38.2. The van der Waals surface area contributed by atoms with Crippen molar-refractivity contribution in [1.82, 2.24) is 10.2 Å². The summed E-state index contributed by atoms with van der Waals surface area (Å²) in [6.45, 7) is 4.09. The first kappa shape index (κ1) is 12.9. The zero-order valence-electron chi connectivity index (χ0n) is 11.5. The summed E-state index contributed by atoms with van der Waals surface area (Å²) in [4.78, 5) is 2.67. The fraction of sp³-hybridized carbons (Fsp3) is 1.00. The highest BCUT2D eigenvalue weighted by atomic mass is 16.3. The molecule has 1 heterocycles. The van der Waals surface area contributed by atoms with E-state index in [9.17, 15) is 5.11 Å². The fourth-order valence-electron chi connectivity index (χ4n) is 3.84. The van der Waals surface area contributed by atoms with Gasteiger partial charge in [0, 0.05) is 31.8 Å². The third-order valence-corrected chi connectivity index (χ3v) is 5.25. The van der Waals surface area contributed by atoms with E-state index in [1.54, 1.807) is 0 Å². The second-order valence-corrected chi connectivity index (χ2v) is 6.61. The molecule has 3 heteroatoms. The van der Waals surface area contributed by atoms with Crippen molar-refractivity contribution in [3.8, 4) is 0 Å². The van der Waals surface area contributed by atoms with Gasteiger partial charge in [-0.1, -0.05) is 12.8 Å². The van der Waals surface area contributed by atoms with Gasteiger partial charge in [0.15, 0.2) is 0 Å². The summed E-state index contributed by atoms with van der Waals surface area (Å²) < 4.78 is 0. The quantitative estimate of drug-likeness (QED) is 0.780. The van der Waals surface area contributed by atoms with Gasteiger partial charge in [-0.15, -0.1) is 0 Å². The van der Waals surface area contributed by atoms with Gasteiger partial charge in [-0.25, -0.2) is 0 Å². The Morgan fingerprint density at radius 3 is 2.50 bits per heavy atom. The predicted molar refractivity (Wildman–Crippen MR) is 73.5 cm³/mol. The van der Waals surface area contributed by atoms with Crippen LogP contribution in [0, 0.1) is 11.8 Å². The lowest BCUT2D eigenvalue weighted by Crippen LogP contribution is -2.39. The second kappa shape index (κ2) is 5.89. The predicted octanol–water partition coefficient (Wildman–Crippen LogP) is 1.61. The molecule has 0 aromatic rings. The fourth-order valence-corrected chi connectivity index (χ4v) is 3.84. The molecule has 0 aromatic heterocycles. The maximum absolute atomic E-state index is 9.44. The number of likely N-dealkylation sites (tertiary alicyclic amines) is 1. The number of hydrogen-bond acceptors (Lipinski definition) is 3. The average molecular weight is 252 g/mol. The zero-order chi connectivity index (χ0) is 12.4. The van der Waals surface area contributed by atoms with E-state index >= 15 is 0 Å². The van der Waals surface area contributed by atoms with Crippen molar-refractivity contribution in [2.75, 3.05) is 26.2 Å². The van der Waals surface area contributed by atoms with Crippen molar-refractivity contribution >= 4 is 0 Å². The van der Waals surface area contributed by atoms with Gasteiger partial charge in [0.25, 0.3) is 0 Å². The maximum Gasteiger partial charge on any atom is 0.0462 e. The number of nitrogens with one attached hydrogen (secondary N) is 1. The van der Waals surface area contributed by atoms with E-state index in [0.717, 1.165) is 18.5 Å². The molecule has 3 atom stereocenters. The molecule has 3 unspecified atom stereocenters. The molecule has 1 saturated heterocycles. The molecule has 0 amide bonds.